The van der Waals surface area contributed by atoms with Crippen molar-refractivity contribution in [1.82, 2.24) is 9.80 Å². The number of imide groups is 1. The van der Waals surface area contributed by atoms with Crippen LogP contribution >= 0.6 is 0 Å². The van der Waals surface area contributed by atoms with Crippen molar-refractivity contribution in [2.24, 2.45) is 0 Å². The van der Waals surface area contributed by atoms with Crippen molar-refractivity contribution in [2.45, 2.75) is 37.9 Å². The van der Waals surface area contributed by atoms with E-state index >= 15 is 0 Å². The number of halogens is 3. The van der Waals surface area contributed by atoms with Crippen LogP contribution in [0.15, 0.2) is 24.3 Å². The number of amides is 3. The first-order valence-corrected chi connectivity index (χ1v) is 7.66. The summed E-state index contributed by atoms with van der Waals surface area (Å²) in [6.45, 7) is 0.941. The molecule has 0 radical (unpaired) electrons. The second kappa shape index (κ2) is 5.86. The van der Waals surface area contributed by atoms with Gasteiger partial charge in [0.05, 0.1) is 5.56 Å². The molecule has 23 heavy (non-hydrogen) atoms. The summed E-state index contributed by atoms with van der Waals surface area (Å²) in [5.74, 6) is -0.139. The Morgan fingerprint density at radius 2 is 1.83 bits per heavy atom. The number of alkyl halides is 3. The molecule has 0 spiro atoms. The Kier molecular flexibility index (Phi) is 4.04. The van der Waals surface area contributed by atoms with E-state index < -0.39 is 11.7 Å². The predicted molar refractivity (Wildman–Crippen MR) is 76.6 cm³/mol. The molecule has 7 heteroatoms. The first-order chi connectivity index (χ1) is 10.9. The van der Waals surface area contributed by atoms with E-state index in [-0.39, 0.29) is 18.0 Å². The van der Waals surface area contributed by atoms with Crippen LogP contribution in [0.1, 0.15) is 30.4 Å². The molecule has 0 bridgehead atoms. The highest BCUT2D eigenvalue weighted by Crippen LogP contribution is 2.30. The van der Waals surface area contributed by atoms with E-state index in [2.05, 4.69) is 0 Å². The molecule has 2 aliphatic rings. The van der Waals surface area contributed by atoms with Gasteiger partial charge < -0.3 is 4.90 Å². The molecule has 3 rings (SSSR count). The molecule has 1 unspecified atom stereocenters. The number of aryl methyl sites for hydroxylation is 1. The van der Waals surface area contributed by atoms with Crippen molar-refractivity contribution < 1.29 is 22.8 Å². The summed E-state index contributed by atoms with van der Waals surface area (Å²) in [5.41, 5.74) is 0.0874. The molecule has 0 aromatic heterocycles. The van der Waals surface area contributed by atoms with Gasteiger partial charge >= 0.3 is 12.2 Å². The minimum atomic E-state index is -4.33. The number of benzene rings is 1. The molecule has 2 saturated heterocycles. The smallest absolute Gasteiger partial charge is 0.312 e. The maximum Gasteiger partial charge on any atom is 0.416 e. The molecular weight excluding hydrogens is 309 g/mol. The van der Waals surface area contributed by atoms with Gasteiger partial charge in [-0.3, -0.25) is 9.69 Å². The summed E-state index contributed by atoms with van der Waals surface area (Å²) in [5, 5.41) is 0. The van der Waals surface area contributed by atoms with Crippen LogP contribution in [0.2, 0.25) is 0 Å². The lowest BCUT2D eigenvalue weighted by atomic mass is 10.1. The number of rotatable bonds is 4. The molecule has 1 aromatic rings. The van der Waals surface area contributed by atoms with Crippen LogP contribution in [-0.2, 0) is 17.4 Å². The largest absolute Gasteiger partial charge is 0.416 e. The Morgan fingerprint density at radius 3 is 2.43 bits per heavy atom. The predicted octanol–water partition coefficient (Wildman–Crippen LogP) is 3.06. The zero-order chi connectivity index (χ0) is 16.6. The second-order valence-electron chi connectivity index (χ2n) is 5.92. The fourth-order valence-electron chi connectivity index (χ4n) is 3.19. The first kappa shape index (κ1) is 15.8. The Balaban J connectivity index is 1.54. The van der Waals surface area contributed by atoms with E-state index in [0.29, 0.717) is 25.9 Å². The van der Waals surface area contributed by atoms with Crippen LogP contribution in [0, 0.1) is 0 Å². The van der Waals surface area contributed by atoms with E-state index in [9.17, 15) is 22.8 Å². The molecular formula is C16H17F3N2O2. The van der Waals surface area contributed by atoms with Crippen molar-refractivity contribution in [1.29, 1.82) is 0 Å². The van der Waals surface area contributed by atoms with Gasteiger partial charge in [0.1, 0.15) is 6.04 Å². The van der Waals surface area contributed by atoms with Gasteiger partial charge in [-0.25, -0.2) is 4.79 Å². The van der Waals surface area contributed by atoms with Gasteiger partial charge in [0, 0.05) is 13.1 Å². The third-order valence-corrected chi connectivity index (χ3v) is 4.41. The fraction of sp³-hybridized carbons (Fsp3) is 0.500. The summed E-state index contributed by atoms with van der Waals surface area (Å²) in [6.07, 6.45) is -1.68. The first-order valence-electron chi connectivity index (χ1n) is 7.66. The number of carbonyl (C=O) groups is 2. The fourth-order valence-corrected chi connectivity index (χ4v) is 3.19. The van der Waals surface area contributed by atoms with Crippen LogP contribution < -0.4 is 0 Å². The average Bonchev–Trinajstić information content (AvgIpc) is 3.06. The zero-order valence-corrected chi connectivity index (χ0v) is 12.5. The highest BCUT2D eigenvalue weighted by Gasteiger charge is 2.46. The molecule has 2 fully saturated rings. The number of urea groups is 1. The van der Waals surface area contributed by atoms with E-state index in [0.717, 1.165) is 30.5 Å². The molecule has 2 aliphatic heterocycles. The van der Waals surface area contributed by atoms with Gasteiger partial charge in [-0.05, 0) is 43.4 Å². The Labute approximate surface area is 131 Å². The Bertz CT molecular complexity index is 591. The van der Waals surface area contributed by atoms with Crippen molar-refractivity contribution in [2.75, 3.05) is 13.1 Å². The van der Waals surface area contributed by atoms with E-state index in [4.69, 9.17) is 0 Å². The number of hydrogen-bond donors (Lipinski definition) is 0. The number of hydrogen-bond acceptors (Lipinski definition) is 2. The SMILES string of the molecule is O=C1C2CCCN2C(=O)N1CCCc1ccc(C(F)(F)F)cc1. The lowest BCUT2D eigenvalue weighted by Gasteiger charge is -2.15. The van der Waals surface area contributed by atoms with Crippen molar-refractivity contribution in [3.63, 3.8) is 0 Å². The lowest BCUT2D eigenvalue weighted by Crippen LogP contribution is -2.34. The van der Waals surface area contributed by atoms with Crippen LogP contribution in [0.5, 0.6) is 0 Å². The van der Waals surface area contributed by atoms with Crippen LogP contribution in [0.3, 0.4) is 0 Å². The van der Waals surface area contributed by atoms with Gasteiger partial charge in [-0.15, -0.1) is 0 Å². The molecule has 1 atom stereocenters. The normalized spacial score (nSPS) is 21.3. The van der Waals surface area contributed by atoms with E-state index in [1.807, 2.05) is 0 Å². The Morgan fingerprint density at radius 1 is 1.13 bits per heavy atom. The van der Waals surface area contributed by atoms with Gasteiger partial charge in [-0.1, -0.05) is 12.1 Å². The quantitative estimate of drug-likeness (QED) is 0.798. The molecule has 3 amide bonds. The standard InChI is InChI=1S/C16H17F3N2O2/c17-16(18,19)12-7-5-11(6-8-12)3-1-10-21-14(22)13-4-2-9-20(13)15(21)23/h5-8,13H,1-4,9-10H2. The minimum Gasteiger partial charge on any atom is -0.312 e. The highest BCUT2D eigenvalue weighted by atomic mass is 19.4. The summed E-state index contributed by atoms with van der Waals surface area (Å²) in [7, 11) is 0. The average molecular weight is 326 g/mol. The van der Waals surface area contributed by atoms with Crippen molar-refractivity contribution >= 4 is 11.9 Å². The molecule has 0 aliphatic carbocycles. The third kappa shape index (κ3) is 3.04. The summed E-state index contributed by atoms with van der Waals surface area (Å²) < 4.78 is 37.5. The van der Waals surface area contributed by atoms with Gasteiger partial charge in [0.25, 0.3) is 5.91 Å². The van der Waals surface area contributed by atoms with E-state index in [1.165, 1.54) is 17.0 Å². The summed E-state index contributed by atoms with van der Waals surface area (Å²) >= 11 is 0. The zero-order valence-electron chi connectivity index (χ0n) is 12.5. The van der Waals surface area contributed by atoms with Gasteiger partial charge in [-0.2, -0.15) is 13.2 Å². The number of fused-ring (bicyclic) bond motifs is 1. The van der Waals surface area contributed by atoms with Crippen LogP contribution in [-0.4, -0.2) is 40.9 Å². The minimum absolute atomic E-state index is 0.139. The van der Waals surface area contributed by atoms with Crippen molar-refractivity contribution in [3.05, 3.63) is 35.4 Å². The van der Waals surface area contributed by atoms with Gasteiger partial charge in [0.2, 0.25) is 0 Å². The van der Waals surface area contributed by atoms with Gasteiger partial charge in [0.15, 0.2) is 0 Å². The number of nitrogens with zero attached hydrogens (tertiary/aromatic N) is 2. The maximum atomic E-state index is 12.5. The van der Waals surface area contributed by atoms with Crippen molar-refractivity contribution in [3.8, 4) is 0 Å². The molecule has 2 heterocycles. The maximum absolute atomic E-state index is 12.5. The lowest BCUT2D eigenvalue weighted by molar-refractivity contribution is -0.137. The summed E-state index contributed by atoms with van der Waals surface area (Å²) in [6, 6.07) is 4.46. The monoisotopic (exact) mass is 326 g/mol. The molecule has 4 nitrogen and oxygen atoms in total. The molecule has 0 saturated carbocycles. The summed E-state index contributed by atoms with van der Waals surface area (Å²) in [4.78, 5) is 27.1. The second-order valence-corrected chi connectivity index (χ2v) is 5.92. The topological polar surface area (TPSA) is 40.6 Å². The van der Waals surface area contributed by atoms with Crippen LogP contribution in [0.4, 0.5) is 18.0 Å². The molecule has 1 aromatic carbocycles. The molecule has 124 valence electrons. The molecule has 0 N–H and O–H groups in total. The Hall–Kier alpha value is -2.05. The van der Waals surface area contributed by atoms with Crippen LogP contribution in [0.25, 0.3) is 0 Å². The number of carbonyl (C=O) groups excluding carboxylic acids is 2. The third-order valence-electron chi connectivity index (χ3n) is 4.41. The highest BCUT2D eigenvalue weighted by molar-refractivity contribution is 6.04. The van der Waals surface area contributed by atoms with E-state index in [1.54, 1.807) is 4.90 Å².